The molecule has 0 radical (unpaired) electrons. The lowest BCUT2D eigenvalue weighted by Gasteiger charge is -2.33. The van der Waals surface area contributed by atoms with Crippen LogP contribution in [0.2, 0.25) is 0 Å². The molecule has 2 atom stereocenters. The highest BCUT2D eigenvalue weighted by Crippen LogP contribution is 2.39. The largest absolute Gasteiger partial charge is 0.416 e. The van der Waals surface area contributed by atoms with E-state index >= 15 is 0 Å². The van der Waals surface area contributed by atoms with Gasteiger partial charge in [-0.25, -0.2) is 0 Å². The zero-order valence-electron chi connectivity index (χ0n) is 21.1. The Hall–Kier alpha value is -3.47. The SMILES string of the molecule is C=C(/C=C\C(=C(/C)C(=O)c1ccccc1C)C(F)(F)F)C1=C[C@@H](c2ccccc2)C(=N)[C@@H](C(C)C)C1. The summed E-state index contributed by atoms with van der Waals surface area (Å²) in [4.78, 5) is 12.9. The summed E-state index contributed by atoms with van der Waals surface area (Å²) in [7, 11) is 0. The molecule has 188 valence electrons. The summed E-state index contributed by atoms with van der Waals surface area (Å²) in [5, 5.41) is 8.77. The van der Waals surface area contributed by atoms with Gasteiger partial charge >= 0.3 is 6.18 Å². The number of aryl methyl sites for hydroxylation is 1. The number of ketones is 1. The van der Waals surface area contributed by atoms with Crippen molar-refractivity contribution in [1.29, 1.82) is 5.41 Å². The Morgan fingerprint density at radius 1 is 1.06 bits per heavy atom. The molecule has 0 saturated carbocycles. The smallest absolute Gasteiger partial charge is 0.308 e. The van der Waals surface area contributed by atoms with E-state index in [1.54, 1.807) is 25.1 Å². The molecule has 0 spiro atoms. The first-order valence-corrected chi connectivity index (χ1v) is 12.0. The zero-order chi connectivity index (χ0) is 26.6. The summed E-state index contributed by atoms with van der Waals surface area (Å²) < 4.78 is 42.0. The number of hydrogen-bond donors (Lipinski definition) is 1. The lowest BCUT2D eigenvalue weighted by atomic mass is 9.72. The number of halogens is 3. The third kappa shape index (κ3) is 6.01. The highest BCUT2D eigenvalue weighted by molar-refractivity contribution is 6.10. The van der Waals surface area contributed by atoms with Crippen LogP contribution in [0.5, 0.6) is 0 Å². The van der Waals surface area contributed by atoms with Gasteiger partial charge in [0.2, 0.25) is 0 Å². The Morgan fingerprint density at radius 2 is 1.67 bits per heavy atom. The van der Waals surface area contributed by atoms with E-state index in [1.165, 1.54) is 19.1 Å². The summed E-state index contributed by atoms with van der Waals surface area (Å²) in [6, 6.07) is 16.3. The van der Waals surface area contributed by atoms with Crippen LogP contribution in [-0.4, -0.2) is 17.7 Å². The molecule has 2 aromatic rings. The van der Waals surface area contributed by atoms with Crippen molar-refractivity contribution in [2.24, 2.45) is 11.8 Å². The van der Waals surface area contributed by atoms with Gasteiger partial charge in [0.15, 0.2) is 5.78 Å². The van der Waals surface area contributed by atoms with Crippen LogP contribution < -0.4 is 0 Å². The minimum atomic E-state index is -4.70. The number of rotatable bonds is 7. The van der Waals surface area contributed by atoms with E-state index in [9.17, 15) is 18.0 Å². The molecular weight excluding hydrogens is 459 g/mol. The van der Waals surface area contributed by atoms with E-state index in [4.69, 9.17) is 5.41 Å². The average molecular weight is 492 g/mol. The first kappa shape index (κ1) is 27.1. The Kier molecular flexibility index (Phi) is 8.34. The van der Waals surface area contributed by atoms with Gasteiger partial charge in [0.25, 0.3) is 0 Å². The maximum Gasteiger partial charge on any atom is 0.416 e. The van der Waals surface area contributed by atoms with Crippen LogP contribution in [0, 0.1) is 24.2 Å². The van der Waals surface area contributed by atoms with Gasteiger partial charge < -0.3 is 5.41 Å². The van der Waals surface area contributed by atoms with E-state index < -0.39 is 17.5 Å². The van der Waals surface area contributed by atoms with Crippen LogP contribution in [0.25, 0.3) is 0 Å². The van der Waals surface area contributed by atoms with Crippen LogP contribution in [0.3, 0.4) is 0 Å². The molecule has 2 nitrogen and oxygen atoms in total. The Labute approximate surface area is 211 Å². The van der Waals surface area contributed by atoms with Crippen molar-refractivity contribution in [3.63, 3.8) is 0 Å². The first-order chi connectivity index (χ1) is 16.9. The number of benzene rings is 2. The van der Waals surface area contributed by atoms with Crippen molar-refractivity contribution in [3.05, 3.63) is 118 Å². The number of allylic oxidation sites excluding steroid dienone is 7. The highest BCUT2D eigenvalue weighted by Gasteiger charge is 2.36. The van der Waals surface area contributed by atoms with E-state index in [2.05, 4.69) is 6.58 Å². The van der Waals surface area contributed by atoms with Gasteiger partial charge in [0.05, 0.1) is 5.57 Å². The van der Waals surface area contributed by atoms with E-state index in [0.717, 1.165) is 17.2 Å². The molecule has 0 heterocycles. The predicted molar refractivity (Wildman–Crippen MR) is 140 cm³/mol. The van der Waals surface area contributed by atoms with Crippen LogP contribution >= 0.6 is 0 Å². The topological polar surface area (TPSA) is 40.9 Å². The fourth-order valence-corrected chi connectivity index (χ4v) is 4.58. The molecule has 1 N–H and O–H groups in total. The predicted octanol–water partition coefficient (Wildman–Crippen LogP) is 8.57. The van der Waals surface area contributed by atoms with E-state index in [-0.39, 0.29) is 28.9 Å². The fraction of sp³-hybridized carbons (Fsp3) is 0.290. The normalized spacial score (nSPS) is 19.3. The highest BCUT2D eigenvalue weighted by atomic mass is 19.4. The second kappa shape index (κ2) is 11.1. The molecule has 0 bridgehead atoms. The molecule has 0 unspecified atom stereocenters. The van der Waals surface area contributed by atoms with E-state index in [0.29, 0.717) is 23.3 Å². The number of carbonyl (C=O) groups is 1. The molecular formula is C31H32F3NO. The van der Waals surface area contributed by atoms with Crippen molar-refractivity contribution in [1.82, 2.24) is 0 Å². The van der Waals surface area contributed by atoms with Gasteiger partial charge in [-0.1, -0.05) is 87.2 Å². The fourth-order valence-electron chi connectivity index (χ4n) is 4.58. The molecule has 1 aliphatic carbocycles. The maximum absolute atomic E-state index is 14.0. The Bertz CT molecular complexity index is 1250. The second-order valence-corrected chi connectivity index (χ2v) is 9.63. The van der Waals surface area contributed by atoms with Crippen molar-refractivity contribution < 1.29 is 18.0 Å². The number of nitrogens with one attached hydrogen (secondary N) is 1. The standard InChI is InChI=1S/C31H32F3NO/c1-19(2)26-17-24(18-27(29(26)35)23-12-7-6-8-13-23)20(3)15-16-28(31(32,33)34)22(5)30(36)25-14-10-9-11-21(25)4/h6-16,18-19,26-27,35H,3,17H2,1-2,4-5H3/b16-15-,28-22-,35-29?/t26-,27+/m1/s1. The Balaban J connectivity index is 1.98. The van der Waals surface area contributed by atoms with Gasteiger partial charge in [0, 0.05) is 28.7 Å². The quantitative estimate of drug-likeness (QED) is 0.235. The molecule has 0 aromatic heterocycles. The van der Waals surface area contributed by atoms with Gasteiger partial charge in [-0.2, -0.15) is 13.2 Å². The van der Waals surface area contributed by atoms with Gasteiger partial charge in [-0.3, -0.25) is 4.79 Å². The summed E-state index contributed by atoms with van der Waals surface area (Å²) >= 11 is 0. The lowest BCUT2D eigenvalue weighted by Crippen LogP contribution is -2.29. The van der Waals surface area contributed by atoms with Gasteiger partial charge in [0.1, 0.15) is 0 Å². The molecule has 0 fully saturated rings. The number of hydrogen-bond acceptors (Lipinski definition) is 2. The minimum Gasteiger partial charge on any atom is -0.308 e. The van der Waals surface area contributed by atoms with Crippen LogP contribution in [0.1, 0.15) is 54.6 Å². The molecule has 2 aromatic carbocycles. The Morgan fingerprint density at radius 3 is 2.25 bits per heavy atom. The zero-order valence-corrected chi connectivity index (χ0v) is 21.1. The molecule has 0 saturated heterocycles. The summed E-state index contributed by atoms with van der Waals surface area (Å²) in [6.07, 6.45) is 0.0736. The molecule has 36 heavy (non-hydrogen) atoms. The number of Topliss-reactive ketones (excluding diaryl/α,β-unsaturated/α-hetero) is 1. The van der Waals surface area contributed by atoms with Crippen LogP contribution in [0.15, 0.2) is 102 Å². The van der Waals surface area contributed by atoms with Crippen LogP contribution in [0.4, 0.5) is 13.2 Å². The molecule has 3 rings (SSSR count). The average Bonchev–Trinajstić information content (AvgIpc) is 2.83. The summed E-state index contributed by atoms with van der Waals surface area (Å²) in [5.74, 6) is -0.745. The monoisotopic (exact) mass is 491 g/mol. The summed E-state index contributed by atoms with van der Waals surface area (Å²) in [6.45, 7) is 11.1. The summed E-state index contributed by atoms with van der Waals surface area (Å²) in [5.41, 5.74) is 2.38. The number of carbonyl (C=O) groups excluding carboxylic acids is 1. The van der Waals surface area contributed by atoms with Gasteiger partial charge in [-0.05, 0) is 54.5 Å². The molecule has 0 aliphatic heterocycles. The van der Waals surface area contributed by atoms with Crippen molar-refractivity contribution >= 4 is 11.5 Å². The van der Waals surface area contributed by atoms with Crippen molar-refractivity contribution in [2.45, 2.75) is 46.2 Å². The van der Waals surface area contributed by atoms with Gasteiger partial charge in [-0.15, -0.1) is 0 Å². The third-order valence-corrected chi connectivity index (χ3v) is 6.81. The molecule has 0 amide bonds. The maximum atomic E-state index is 14.0. The molecule has 1 aliphatic rings. The van der Waals surface area contributed by atoms with Crippen molar-refractivity contribution in [3.8, 4) is 0 Å². The van der Waals surface area contributed by atoms with Crippen molar-refractivity contribution in [2.75, 3.05) is 0 Å². The van der Waals surface area contributed by atoms with Crippen LogP contribution in [-0.2, 0) is 0 Å². The third-order valence-electron chi connectivity index (χ3n) is 6.81. The lowest BCUT2D eigenvalue weighted by molar-refractivity contribution is -0.0888. The van der Waals surface area contributed by atoms with E-state index in [1.807, 2.05) is 50.3 Å². The first-order valence-electron chi connectivity index (χ1n) is 12.0. The second-order valence-electron chi connectivity index (χ2n) is 9.63. The molecule has 5 heteroatoms. The minimum absolute atomic E-state index is 0.0395. The number of alkyl halides is 3.